The molecule has 0 spiro atoms. The normalized spacial score (nSPS) is 14.1. The zero-order valence-electron chi connectivity index (χ0n) is 6.02. The van der Waals surface area contributed by atoms with E-state index in [1.54, 1.807) is 6.92 Å². The van der Waals surface area contributed by atoms with Crippen LogP contribution in [0.3, 0.4) is 0 Å². The summed E-state index contributed by atoms with van der Waals surface area (Å²) in [6, 6.07) is 0. The van der Waals surface area contributed by atoms with Crippen LogP contribution in [0.2, 0.25) is 0 Å². The van der Waals surface area contributed by atoms with Crippen LogP contribution in [-0.4, -0.2) is 22.7 Å². The maximum absolute atomic E-state index is 12.2. The van der Waals surface area contributed by atoms with Crippen LogP contribution in [0.15, 0.2) is 0 Å². The van der Waals surface area contributed by atoms with Gasteiger partial charge in [-0.15, -0.1) is 0 Å². The third kappa shape index (κ3) is 4.76. The van der Waals surface area contributed by atoms with E-state index in [0.29, 0.717) is 0 Å². The Balaban J connectivity index is 3.84. The van der Waals surface area contributed by atoms with Crippen molar-refractivity contribution in [1.82, 2.24) is 0 Å². The van der Waals surface area contributed by atoms with E-state index >= 15 is 0 Å². The van der Waals surface area contributed by atoms with Gasteiger partial charge in [0.25, 0.3) is 0 Å². The molecule has 0 aliphatic carbocycles. The van der Waals surface area contributed by atoms with Crippen molar-refractivity contribution in [2.75, 3.05) is 6.61 Å². The topological polar surface area (TPSA) is 9.23 Å². The summed E-state index contributed by atoms with van der Waals surface area (Å²) in [7, 11) is 0. The molecule has 0 aromatic carbocycles. The molecule has 12 heavy (non-hydrogen) atoms. The molecule has 72 valence electrons. The lowest BCUT2D eigenvalue weighted by molar-refractivity contribution is -0.153. The number of hydrogen-bond donors (Lipinski definition) is 0. The Hall–Kier alpha value is -0.0400. The quantitative estimate of drug-likeness (QED) is 0.525. The minimum absolute atomic E-state index is 0.135. The largest absolute Gasteiger partial charge is 0.479 e. The Morgan fingerprint density at radius 2 is 2.08 bits per heavy atom. The van der Waals surface area contributed by atoms with Gasteiger partial charge in [-0.1, -0.05) is 0 Å². The lowest BCUT2D eigenvalue weighted by Gasteiger charge is -2.11. The van der Waals surface area contributed by atoms with Crippen LogP contribution in [0.5, 0.6) is 0 Å². The first-order chi connectivity index (χ1) is 5.38. The molecule has 1 unspecified atom stereocenters. The zero-order chi connectivity index (χ0) is 9.78. The molecule has 0 aromatic heterocycles. The number of alkyl halides is 4. The standard InChI is InChI=1S/C5H6F4OS2/c1-2-10-4(11)12-3(6)5(7,8)9/h3H,2H2,1H3. The molecule has 0 aromatic rings. The molecule has 0 bridgehead atoms. The monoisotopic (exact) mass is 222 g/mol. The van der Waals surface area contributed by atoms with E-state index < -0.39 is 16.1 Å². The van der Waals surface area contributed by atoms with Crippen LogP contribution in [-0.2, 0) is 4.74 Å². The van der Waals surface area contributed by atoms with Crippen molar-refractivity contribution in [3.05, 3.63) is 0 Å². The SMILES string of the molecule is CCOC(=S)SC(F)C(F)(F)F. The summed E-state index contributed by atoms with van der Waals surface area (Å²) in [5, 5.41) is 0. The molecule has 1 nitrogen and oxygen atoms in total. The highest BCUT2D eigenvalue weighted by molar-refractivity contribution is 8.22. The maximum Gasteiger partial charge on any atom is 0.429 e. The predicted molar refractivity (Wildman–Crippen MR) is 42.8 cm³/mol. The fourth-order valence-corrected chi connectivity index (χ4v) is 1.16. The molecule has 0 radical (unpaired) electrons. The van der Waals surface area contributed by atoms with Crippen molar-refractivity contribution >= 4 is 28.4 Å². The van der Waals surface area contributed by atoms with Gasteiger partial charge in [-0.05, 0) is 30.9 Å². The van der Waals surface area contributed by atoms with E-state index in [0.717, 1.165) is 0 Å². The van der Waals surface area contributed by atoms with Gasteiger partial charge < -0.3 is 4.74 Å². The molecule has 1 atom stereocenters. The van der Waals surface area contributed by atoms with Crippen LogP contribution in [0.4, 0.5) is 17.6 Å². The van der Waals surface area contributed by atoms with Gasteiger partial charge >= 0.3 is 6.18 Å². The number of thioether (sulfide) groups is 1. The first-order valence-corrected chi connectivity index (χ1v) is 4.21. The molecule has 0 saturated carbocycles. The smallest absolute Gasteiger partial charge is 0.429 e. The van der Waals surface area contributed by atoms with Crippen molar-refractivity contribution < 1.29 is 22.3 Å². The summed E-state index contributed by atoms with van der Waals surface area (Å²) >= 11 is 4.15. The second kappa shape index (κ2) is 4.86. The van der Waals surface area contributed by atoms with Gasteiger partial charge in [-0.2, -0.15) is 13.2 Å². The van der Waals surface area contributed by atoms with Crippen LogP contribution >= 0.6 is 24.0 Å². The number of halogens is 4. The average molecular weight is 222 g/mol. The second-order valence-electron chi connectivity index (χ2n) is 1.66. The van der Waals surface area contributed by atoms with E-state index in [9.17, 15) is 17.6 Å². The number of hydrogen-bond acceptors (Lipinski definition) is 3. The Labute approximate surface area is 76.5 Å². The molecule has 0 saturated heterocycles. The van der Waals surface area contributed by atoms with Crippen molar-refractivity contribution in [1.29, 1.82) is 0 Å². The van der Waals surface area contributed by atoms with Gasteiger partial charge in [0.2, 0.25) is 9.89 Å². The van der Waals surface area contributed by atoms with E-state index in [-0.39, 0.29) is 18.4 Å². The minimum Gasteiger partial charge on any atom is -0.479 e. The van der Waals surface area contributed by atoms with Gasteiger partial charge in [0.05, 0.1) is 6.61 Å². The van der Waals surface area contributed by atoms with E-state index in [2.05, 4.69) is 17.0 Å². The summed E-state index contributed by atoms with van der Waals surface area (Å²) in [6.07, 6.45) is -4.88. The summed E-state index contributed by atoms with van der Waals surface area (Å²) in [4.78, 5) is 0. The Bertz CT molecular complexity index is 158. The molecule has 0 amide bonds. The molecule has 0 heterocycles. The Kier molecular flexibility index (Phi) is 4.84. The van der Waals surface area contributed by atoms with Crippen LogP contribution in [0, 0.1) is 0 Å². The first-order valence-electron chi connectivity index (χ1n) is 2.92. The maximum atomic E-state index is 12.2. The van der Waals surface area contributed by atoms with Crippen molar-refractivity contribution in [3.8, 4) is 0 Å². The van der Waals surface area contributed by atoms with E-state index in [4.69, 9.17) is 0 Å². The second-order valence-corrected chi connectivity index (χ2v) is 3.31. The number of thiocarbonyl (C=S) groups is 1. The molecule has 0 aliphatic rings. The molecule has 0 N–H and O–H groups in total. The molecule has 7 heteroatoms. The lowest BCUT2D eigenvalue weighted by Crippen LogP contribution is -2.22. The fraction of sp³-hybridized carbons (Fsp3) is 0.800. The van der Waals surface area contributed by atoms with Gasteiger partial charge in [0.15, 0.2) is 0 Å². The van der Waals surface area contributed by atoms with E-state index in [1.165, 1.54) is 0 Å². The van der Waals surface area contributed by atoms with Gasteiger partial charge in [-0.3, -0.25) is 0 Å². The average Bonchev–Trinajstić information content (AvgIpc) is 1.85. The Morgan fingerprint density at radius 3 is 2.42 bits per heavy atom. The highest BCUT2D eigenvalue weighted by Gasteiger charge is 2.41. The highest BCUT2D eigenvalue weighted by atomic mass is 32.2. The molecular weight excluding hydrogens is 216 g/mol. The summed E-state index contributed by atoms with van der Waals surface area (Å²) in [6.45, 7) is 1.68. The van der Waals surface area contributed by atoms with Crippen LogP contribution < -0.4 is 0 Å². The van der Waals surface area contributed by atoms with Crippen LogP contribution in [0.1, 0.15) is 6.92 Å². The fourth-order valence-electron chi connectivity index (χ4n) is 0.303. The molecule has 0 fully saturated rings. The van der Waals surface area contributed by atoms with Crippen molar-refractivity contribution in [2.45, 2.75) is 18.6 Å². The first kappa shape index (κ1) is 12.0. The highest BCUT2D eigenvalue weighted by Crippen LogP contribution is 2.32. The summed E-state index contributed by atoms with van der Waals surface area (Å²) in [5.41, 5.74) is -3.00. The third-order valence-corrected chi connectivity index (χ3v) is 1.91. The van der Waals surface area contributed by atoms with Gasteiger partial charge in [0.1, 0.15) is 0 Å². The minimum atomic E-state index is -4.88. The predicted octanol–water partition coefficient (Wildman–Crippen LogP) is 2.90. The van der Waals surface area contributed by atoms with E-state index in [1.807, 2.05) is 0 Å². The lowest BCUT2D eigenvalue weighted by atomic mass is 10.7. The number of rotatable bonds is 2. The third-order valence-electron chi connectivity index (χ3n) is 0.719. The van der Waals surface area contributed by atoms with Gasteiger partial charge in [-0.25, -0.2) is 4.39 Å². The van der Waals surface area contributed by atoms with Gasteiger partial charge in [0, 0.05) is 0 Å². The number of ether oxygens (including phenoxy) is 1. The van der Waals surface area contributed by atoms with Crippen LogP contribution in [0.25, 0.3) is 0 Å². The molecule has 0 rings (SSSR count). The summed E-state index contributed by atoms with van der Waals surface area (Å²) in [5.74, 6) is 0. The molecular formula is C5H6F4OS2. The Morgan fingerprint density at radius 1 is 1.58 bits per heavy atom. The zero-order valence-corrected chi connectivity index (χ0v) is 7.65. The van der Waals surface area contributed by atoms with Crippen molar-refractivity contribution in [2.24, 2.45) is 0 Å². The van der Waals surface area contributed by atoms with Crippen molar-refractivity contribution in [3.63, 3.8) is 0 Å². The summed E-state index contributed by atoms with van der Waals surface area (Å²) < 4.78 is 50.8. The molecule has 0 aliphatic heterocycles.